The van der Waals surface area contributed by atoms with E-state index in [2.05, 4.69) is 25.5 Å². The van der Waals surface area contributed by atoms with Crippen molar-refractivity contribution in [2.45, 2.75) is 49.5 Å². The fraction of sp³-hybridized carbons (Fsp3) is 0.429. The number of hydrogen-bond acceptors (Lipinski definition) is 8. The van der Waals surface area contributed by atoms with Crippen LogP contribution in [0.4, 0.5) is 27.5 Å². The van der Waals surface area contributed by atoms with E-state index in [-0.39, 0.29) is 10.7 Å². The van der Waals surface area contributed by atoms with Crippen LogP contribution in [0.5, 0.6) is 0 Å². The monoisotopic (exact) mass is 554 g/mol. The number of anilines is 4. The van der Waals surface area contributed by atoms with Gasteiger partial charge in [0.15, 0.2) is 0 Å². The normalized spacial score (nSPS) is 18.5. The van der Waals surface area contributed by atoms with Crippen LogP contribution >= 0.6 is 0 Å². The highest BCUT2D eigenvalue weighted by Gasteiger charge is 2.38. The molecular formula is C28H35FN6O3S. The number of nitrogens with one attached hydrogen (secondary N) is 2. The zero-order valence-electron chi connectivity index (χ0n) is 22.1. The van der Waals surface area contributed by atoms with Crippen molar-refractivity contribution in [3.8, 4) is 0 Å². The Bertz CT molecular complexity index is 1390. The number of aromatic nitrogens is 2. The first-order valence-electron chi connectivity index (χ1n) is 13.4. The SMILES string of the molecule is Cc1cc(Nc2ccnc(Nc3ccc(S(=O)(=O)N4CCC(O)(CN5CCCCC5)CC4)cc3)n2)ccc1F. The number of rotatable bonds is 8. The summed E-state index contributed by atoms with van der Waals surface area (Å²) in [5.74, 6) is 0.590. The number of nitrogens with zero attached hydrogens (tertiary/aromatic N) is 4. The van der Waals surface area contributed by atoms with Crippen LogP contribution in [-0.2, 0) is 10.0 Å². The molecule has 3 heterocycles. The van der Waals surface area contributed by atoms with E-state index < -0.39 is 15.6 Å². The number of hydrogen-bond donors (Lipinski definition) is 3. The quantitative estimate of drug-likeness (QED) is 0.376. The van der Waals surface area contributed by atoms with E-state index in [1.54, 1.807) is 55.6 Å². The minimum Gasteiger partial charge on any atom is -0.388 e. The van der Waals surface area contributed by atoms with Gasteiger partial charge in [-0.3, -0.25) is 0 Å². The fourth-order valence-electron chi connectivity index (χ4n) is 5.18. The van der Waals surface area contributed by atoms with Gasteiger partial charge in [0.05, 0.1) is 10.5 Å². The lowest BCUT2D eigenvalue weighted by molar-refractivity contribution is -0.0360. The summed E-state index contributed by atoms with van der Waals surface area (Å²) in [5.41, 5.74) is 1.03. The average Bonchev–Trinajstić information content (AvgIpc) is 2.92. The summed E-state index contributed by atoms with van der Waals surface area (Å²) in [6.07, 6.45) is 6.01. The summed E-state index contributed by atoms with van der Waals surface area (Å²) in [7, 11) is -3.67. The second-order valence-corrected chi connectivity index (χ2v) is 12.4. The van der Waals surface area contributed by atoms with Gasteiger partial charge in [-0.05, 0) is 99.8 Å². The van der Waals surface area contributed by atoms with Crippen molar-refractivity contribution in [1.82, 2.24) is 19.2 Å². The molecule has 2 aromatic carbocycles. The molecule has 208 valence electrons. The summed E-state index contributed by atoms with van der Waals surface area (Å²) in [4.78, 5) is 11.2. The van der Waals surface area contributed by atoms with Crippen molar-refractivity contribution in [2.75, 3.05) is 43.4 Å². The standard InChI is InChI=1S/C28H35FN6O3S/c1-21-19-23(7-10-25(21)29)31-26-11-14-30-27(33-26)32-22-5-8-24(9-6-22)39(37,38)35-17-12-28(36,13-18-35)20-34-15-3-2-4-16-34/h5-11,14,19,36H,2-4,12-13,15-18,20H2,1H3,(H2,30,31,32,33). The Hall–Kier alpha value is -3.12. The van der Waals surface area contributed by atoms with Crippen molar-refractivity contribution < 1.29 is 17.9 Å². The molecule has 1 aromatic heterocycles. The molecule has 0 aliphatic carbocycles. The third-order valence-electron chi connectivity index (χ3n) is 7.45. The zero-order chi connectivity index (χ0) is 27.5. The third kappa shape index (κ3) is 6.73. The van der Waals surface area contributed by atoms with Gasteiger partial charge in [0.25, 0.3) is 0 Å². The first kappa shape index (κ1) is 27.4. The summed E-state index contributed by atoms with van der Waals surface area (Å²) in [6.45, 7) is 4.92. The molecule has 2 saturated heterocycles. The molecule has 0 radical (unpaired) electrons. The lowest BCUT2D eigenvalue weighted by Crippen LogP contribution is -2.52. The Morgan fingerprint density at radius 3 is 2.33 bits per heavy atom. The van der Waals surface area contributed by atoms with E-state index >= 15 is 0 Å². The van der Waals surface area contributed by atoms with Gasteiger partial charge in [-0.25, -0.2) is 17.8 Å². The minimum atomic E-state index is -3.67. The molecule has 0 atom stereocenters. The summed E-state index contributed by atoms with van der Waals surface area (Å²) >= 11 is 0. The van der Waals surface area contributed by atoms with E-state index in [4.69, 9.17) is 0 Å². The predicted molar refractivity (Wildman–Crippen MR) is 149 cm³/mol. The predicted octanol–water partition coefficient (Wildman–Crippen LogP) is 4.41. The summed E-state index contributed by atoms with van der Waals surface area (Å²) < 4.78 is 41.6. The number of piperidine rings is 2. The molecule has 0 saturated carbocycles. The number of sulfonamides is 1. The van der Waals surface area contributed by atoms with Gasteiger partial charge < -0.3 is 20.6 Å². The molecule has 0 amide bonds. The zero-order valence-corrected chi connectivity index (χ0v) is 22.9. The number of likely N-dealkylation sites (tertiary alicyclic amines) is 1. The molecule has 5 rings (SSSR count). The van der Waals surface area contributed by atoms with Crippen LogP contribution in [-0.4, -0.2) is 71.0 Å². The first-order chi connectivity index (χ1) is 18.7. The number of benzene rings is 2. The van der Waals surface area contributed by atoms with Crippen molar-refractivity contribution in [3.63, 3.8) is 0 Å². The Morgan fingerprint density at radius 2 is 1.64 bits per heavy atom. The number of β-amino-alcohol motifs (C(OH)–C–C–N with tert-alkyl or cyclic N) is 1. The molecular weight excluding hydrogens is 519 g/mol. The van der Waals surface area contributed by atoms with E-state index in [1.165, 1.54) is 16.8 Å². The smallest absolute Gasteiger partial charge is 0.243 e. The molecule has 11 heteroatoms. The lowest BCUT2D eigenvalue weighted by Gasteiger charge is -2.41. The summed E-state index contributed by atoms with van der Waals surface area (Å²) in [5, 5.41) is 17.3. The molecule has 0 unspecified atom stereocenters. The Morgan fingerprint density at radius 1 is 0.949 bits per heavy atom. The van der Waals surface area contributed by atoms with Crippen molar-refractivity contribution in [2.24, 2.45) is 0 Å². The minimum absolute atomic E-state index is 0.206. The second-order valence-electron chi connectivity index (χ2n) is 10.5. The molecule has 2 aliphatic heterocycles. The maximum absolute atomic E-state index is 13.5. The maximum atomic E-state index is 13.5. The first-order valence-corrected chi connectivity index (χ1v) is 14.8. The average molecular weight is 555 g/mol. The van der Waals surface area contributed by atoms with Crippen LogP contribution in [0, 0.1) is 12.7 Å². The van der Waals surface area contributed by atoms with E-state index in [0.29, 0.717) is 61.2 Å². The largest absolute Gasteiger partial charge is 0.388 e. The van der Waals surface area contributed by atoms with Crippen LogP contribution in [0.3, 0.4) is 0 Å². The molecule has 9 nitrogen and oxygen atoms in total. The Balaban J connectivity index is 1.19. The lowest BCUT2D eigenvalue weighted by atomic mass is 9.91. The molecule has 0 spiro atoms. The fourth-order valence-corrected chi connectivity index (χ4v) is 6.62. The Kier molecular flexibility index (Phi) is 8.13. The van der Waals surface area contributed by atoms with Crippen molar-refractivity contribution >= 4 is 33.2 Å². The van der Waals surface area contributed by atoms with E-state index in [9.17, 15) is 17.9 Å². The van der Waals surface area contributed by atoms with Gasteiger partial charge in [-0.15, -0.1) is 0 Å². The van der Waals surface area contributed by atoms with Gasteiger partial charge in [0.1, 0.15) is 11.6 Å². The number of aryl methyl sites for hydroxylation is 1. The maximum Gasteiger partial charge on any atom is 0.243 e. The van der Waals surface area contributed by atoms with Crippen LogP contribution in [0.2, 0.25) is 0 Å². The number of aliphatic hydroxyl groups is 1. The molecule has 3 aromatic rings. The second kappa shape index (κ2) is 11.5. The molecule has 39 heavy (non-hydrogen) atoms. The third-order valence-corrected chi connectivity index (χ3v) is 9.37. The van der Waals surface area contributed by atoms with Crippen molar-refractivity contribution in [3.05, 3.63) is 66.1 Å². The highest BCUT2D eigenvalue weighted by Crippen LogP contribution is 2.29. The number of halogens is 1. The van der Waals surface area contributed by atoms with E-state index in [0.717, 1.165) is 25.9 Å². The summed E-state index contributed by atoms with van der Waals surface area (Å²) in [6, 6.07) is 12.9. The van der Waals surface area contributed by atoms with Gasteiger partial charge in [0.2, 0.25) is 16.0 Å². The molecule has 2 fully saturated rings. The van der Waals surface area contributed by atoms with Crippen LogP contribution < -0.4 is 10.6 Å². The van der Waals surface area contributed by atoms with Crippen LogP contribution in [0.1, 0.15) is 37.7 Å². The Labute approximate surface area is 229 Å². The van der Waals surface area contributed by atoms with Crippen molar-refractivity contribution in [1.29, 1.82) is 0 Å². The van der Waals surface area contributed by atoms with E-state index in [1.807, 2.05) is 0 Å². The van der Waals surface area contributed by atoms with Gasteiger partial charge in [-0.2, -0.15) is 9.29 Å². The van der Waals surface area contributed by atoms with Crippen LogP contribution in [0.15, 0.2) is 59.6 Å². The highest BCUT2D eigenvalue weighted by atomic mass is 32.2. The molecule has 0 bridgehead atoms. The topological polar surface area (TPSA) is 111 Å². The van der Waals surface area contributed by atoms with Crippen LogP contribution in [0.25, 0.3) is 0 Å². The van der Waals surface area contributed by atoms with Gasteiger partial charge in [-0.1, -0.05) is 6.42 Å². The molecule has 2 aliphatic rings. The highest BCUT2D eigenvalue weighted by molar-refractivity contribution is 7.89. The molecule has 3 N–H and O–H groups in total. The van der Waals surface area contributed by atoms with Gasteiger partial charge >= 0.3 is 0 Å². The van der Waals surface area contributed by atoms with Gasteiger partial charge in [0, 0.05) is 37.2 Å².